The summed E-state index contributed by atoms with van der Waals surface area (Å²) in [6, 6.07) is 2.52. The zero-order valence-corrected chi connectivity index (χ0v) is 14.4. The quantitative estimate of drug-likeness (QED) is 0.807. The average Bonchev–Trinajstić information content (AvgIpc) is 2.96. The molecule has 0 aromatic heterocycles. The average molecular weight is 360 g/mol. The Morgan fingerprint density at radius 3 is 2.58 bits per heavy atom. The minimum Gasteiger partial charge on any atom is -0.354 e. The molecule has 134 valence electrons. The van der Waals surface area contributed by atoms with Gasteiger partial charge in [-0.25, -0.2) is 17.2 Å². The zero-order chi connectivity index (χ0) is 17.7. The Morgan fingerprint density at radius 2 is 1.96 bits per heavy atom. The highest BCUT2D eigenvalue weighted by molar-refractivity contribution is 7.89. The molecule has 0 radical (unpaired) electrons. The number of hydrogen-bond acceptors (Lipinski definition) is 3. The van der Waals surface area contributed by atoms with Crippen molar-refractivity contribution in [2.45, 2.75) is 38.6 Å². The number of carbonyl (C=O) groups excluding carboxylic acids is 1. The van der Waals surface area contributed by atoms with Gasteiger partial charge in [0.2, 0.25) is 15.9 Å². The Bertz CT molecular complexity index is 674. The van der Waals surface area contributed by atoms with Gasteiger partial charge in [-0.3, -0.25) is 4.79 Å². The van der Waals surface area contributed by atoms with Crippen molar-refractivity contribution in [1.82, 2.24) is 9.62 Å². The van der Waals surface area contributed by atoms with Crippen molar-refractivity contribution in [3.8, 4) is 0 Å². The van der Waals surface area contributed by atoms with Crippen LogP contribution in [0.1, 0.15) is 31.7 Å². The third-order valence-electron chi connectivity index (χ3n) is 3.96. The van der Waals surface area contributed by atoms with Crippen molar-refractivity contribution in [2.75, 3.05) is 18.8 Å². The maximum Gasteiger partial charge on any atom is 0.238 e. The van der Waals surface area contributed by atoms with Crippen molar-refractivity contribution in [2.24, 2.45) is 0 Å². The fraction of sp³-hybridized carbons (Fsp3) is 0.562. The number of benzene rings is 1. The molecule has 0 spiro atoms. The van der Waals surface area contributed by atoms with Crippen LogP contribution < -0.4 is 5.32 Å². The summed E-state index contributed by atoms with van der Waals surface area (Å²) >= 11 is 0. The number of hydrogen-bond donors (Lipinski definition) is 1. The first kappa shape index (κ1) is 18.8. The second-order valence-corrected chi connectivity index (χ2v) is 7.94. The van der Waals surface area contributed by atoms with E-state index in [4.69, 9.17) is 0 Å². The Hall–Kier alpha value is -1.54. The Labute approximate surface area is 141 Å². The molecule has 1 aliphatic heterocycles. The predicted octanol–water partition coefficient (Wildman–Crippen LogP) is 1.83. The smallest absolute Gasteiger partial charge is 0.238 e. The van der Waals surface area contributed by atoms with E-state index in [1.807, 2.05) is 0 Å². The van der Waals surface area contributed by atoms with E-state index in [-0.39, 0.29) is 24.6 Å². The molecule has 5 nitrogen and oxygen atoms in total. The molecule has 8 heteroatoms. The topological polar surface area (TPSA) is 66.5 Å². The first-order valence-electron chi connectivity index (χ1n) is 8.05. The molecule has 0 aliphatic carbocycles. The highest BCUT2D eigenvalue weighted by atomic mass is 32.2. The third kappa shape index (κ3) is 4.73. The molecule has 1 aliphatic rings. The monoisotopic (exact) mass is 360 g/mol. The standard InChI is InChI=1S/C16H22F2N2O3S/c1-2-8-24(22,23)20-7-3-4-15(20)16(21)19-6-5-12-9-13(17)11-14(18)10-12/h9-11,15H,2-8H2,1H3,(H,19,21). The zero-order valence-electron chi connectivity index (χ0n) is 13.6. The van der Waals surface area contributed by atoms with E-state index < -0.39 is 27.7 Å². The van der Waals surface area contributed by atoms with Crippen LogP contribution in [0.3, 0.4) is 0 Å². The molecule has 0 bridgehead atoms. The van der Waals surface area contributed by atoms with Gasteiger partial charge in [-0.05, 0) is 43.4 Å². The molecule has 2 rings (SSSR count). The van der Waals surface area contributed by atoms with Crippen LogP contribution in [-0.2, 0) is 21.2 Å². The summed E-state index contributed by atoms with van der Waals surface area (Å²) in [7, 11) is -3.42. The number of rotatable bonds is 7. The van der Waals surface area contributed by atoms with E-state index in [0.29, 0.717) is 31.4 Å². The molecule has 1 amide bonds. The van der Waals surface area contributed by atoms with Crippen LogP contribution in [0.2, 0.25) is 0 Å². The first-order valence-corrected chi connectivity index (χ1v) is 9.66. The van der Waals surface area contributed by atoms with Crippen LogP contribution in [0.5, 0.6) is 0 Å². The third-order valence-corrected chi connectivity index (χ3v) is 6.04. The lowest BCUT2D eigenvalue weighted by atomic mass is 10.1. The van der Waals surface area contributed by atoms with E-state index in [0.717, 1.165) is 6.07 Å². The summed E-state index contributed by atoms with van der Waals surface area (Å²) in [5, 5.41) is 2.67. The lowest BCUT2D eigenvalue weighted by Crippen LogP contribution is -2.46. The fourth-order valence-electron chi connectivity index (χ4n) is 2.91. The van der Waals surface area contributed by atoms with Crippen molar-refractivity contribution in [3.63, 3.8) is 0 Å². The number of sulfonamides is 1. The molecule has 1 saturated heterocycles. The molecule has 1 fully saturated rings. The van der Waals surface area contributed by atoms with E-state index in [9.17, 15) is 22.0 Å². The summed E-state index contributed by atoms with van der Waals surface area (Å²) in [6.07, 6.45) is 1.91. The Kier molecular flexibility index (Phi) is 6.28. The van der Waals surface area contributed by atoms with E-state index >= 15 is 0 Å². The molecule has 1 aromatic carbocycles. The van der Waals surface area contributed by atoms with Crippen LogP contribution in [0.15, 0.2) is 18.2 Å². The van der Waals surface area contributed by atoms with Crippen molar-refractivity contribution in [1.29, 1.82) is 0 Å². The number of nitrogens with one attached hydrogen (secondary N) is 1. The molecule has 1 N–H and O–H groups in total. The minimum absolute atomic E-state index is 0.0271. The summed E-state index contributed by atoms with van der Waals surface area (Å²) in [6.45, 7) is 2.33. The number of amides is 1. The molecular weight excluding hydrogens is 338 g/mol. The van der Waals surface area contributed by atoms with Gasteiger partial charge in [-0.1, -0.05) is 6.92 Å². The van der Waals surface area contributed by atoms with Gasteiger partial charge < -0.3 is 5.32 Å². The van der Waals surface area contributed by atoms with Gasteiger partial charge in [0.1, 0.15) is 17.7 Å². The number of halogens is 2. The first-order chi connectivity index (χ1) is 11.3. The number of nitrogens with zero attached hydrogens (tertiary/aromatic N) is 1. The highest BCUT2D eigenvalue weighted by Crippen LogP contribution is 2.22. The second kappa shape index (κ2) is 8.02. The van der Waals surface area contributed by atoms with Crippen LogP contribution in [0, 0.1) is 11.6 Å². The molecule has 1 aromatic rings. The maximum absolute atomic E-state index is 13.1. The van der Waals surface area contributed by atoms with Crippen LogP contribution in [-0.4, -0.2) is 43.5 Å². The summed E-state index contributed by atoms with van der Waals surface area (Å²) in [4.78, 5) is 12.3. The van der Waals surface area contributed by atoms with Crippen molar-refractivity contribution < 1.29 is 22.0 Å². The van der Waals surface area contributed by atoms with Crippen molar-refractivity contribution in [3.05, 3.63) is 35.4 Å². The lowest BCUT2D eigenvalue weighted by molar-refractivity contribution is -0.124. The van der Waals surface area contributed by atoms with Gasteiger partial charge in [0.25, 0.3) is 0 Å². The summed E-state index contributed by atoms with van der Waals surface area (Å²) in [5.41, 5.74) is 0.440. The molecule has 0 saturated carbocycles. The van der Waals surface area contributed by atoms with E-state index in [1.54, 1.807) is 6.92 Å². The van der Waals surface area contributed by atoms with Gasteiger partial charge in [-0.15, -0.1) is 0 Å². The van der Waals surface area contributed by atoms with Crippen LogP contribution in [0.4, 0.5) is 8.78 Å². The van der Waals surface area contributed by atoms with Gasteiger partial charge in [0, 0.05) is 19.2 Å². The van der Waals surface area contributed by atoms with Crippen LogP contribution >= 0.6 is 0 Å². The van der Waals surface area contributed by atoms with Gasteiger partial charge in [0.15, 0.2) is 0 Å². The molecule has 1 unspecified atom stereocenters. The lowest BCUT2D eigenvalue weighted by Gasteiger charge is -2.23. The van der Waals surface area contributed by atoms with Crippen molar-refractivity contribution >= 4 is 15.9 Å². The van der Waals surface area contributed by atoms with Gasteiger partial charge >= 0.3 is 0 Å². The van der Waals surface area contributed by atoms with Gasteiger partial charge in [0.05, 0.1) is 5.75 Å². The minimum atomic E-state index is -3.42. The fourth-order valence-corrected chi connectivity index (χ4v) is 4.66. The highest BCUT2D eigenvalue weighted by Gasteiger charge is 2.37. The maximum atomic E-state index is 13.1. The molecule has 1 heterocycles. The van der Waals surface area contributed by atoms with E-state index in [2.05, 4.69) is 5.32 Å². The molecule has 1 atom stereocenters. The predicted molar refractivity (Wildman–Crippen MR) is 86.9 cm³/mol. The summed E-state index contributed by atoms with van der Waals surface area (Å²) in [5.74, 6) is -1.66. The largest absolute Gasteiger partial charge is 0.354 e. The Morgan fingerprint density at radius 1 is 1.29 bits per heavy atom. The number of carbonyl (C=O) groups is 1. The van der Waals surface area contributed by atoms with E-state index in [1.165, 1.54) is 16.4 Å². The van der Waals surface area contributed by atoms with Gasteiger partial charge in [-0.2, -0.15) is 4.31 Å². The molecular formula is C16H22F2N2O3S. The molecule has 24 heavy (non-hydrogen) atoms. The normalized spacial score (nSPS) is 18.7. The van der Waals surface area contributed by atoms with Crippen LogP contribution in [0.25, 0.3) is 0 Å². The summed E-state index contributed by atoms with van der Waals surface area (Å²) < 4.78 is 51.9. The SMILES string of the molecule is CCCS(=O)(=O)N1CCCC1C(=O)NCCc1cc(F)cc(F)c1. The second-order valence-electron chi connectivity index (χ2n) is 5.90. The Balaban J connectivity index is 1.92.